The van der Waals surface area contributed by atoms with E-state index in [1.54, 1.807) is 23.7 Å². The van der Waals surface area contributed by atoms with E-state index in [9.17, 15) is 0 Å². The molecule has 0 radical (unpaired) electrons. The molecule has 0 bridgehead atoms. The van der Waals surface area contributed by atoms with Gasteiger partial charge in [-0.2, -0.15) is 0 Å². The summed E-state index contributed by atoms with van der Waals surface area (Å²) in [5, 5.41) is 3.54. The third-order valence-electron chi connectivity index (χ3n) is 3.38. The highest BCUT2D eigenvalue weighted by atomic mass is 35.5. The van der Waals surface area contributed by atoms with Crippen LogP contribution >= 0.6 is 22.9 Å². The Morgan fingerprint density at radius 2 is 1.95 bits per heavy atom. The van der Waals surface area contributed by atoms with Crippen LogP contribution in [-0.2, 0) is 6.42 Å². The molecule has 1 atom stereocenters. The van der Waals surface area contributed by atoms with Crippen molar-refractivity contribution in [1.82, 2.24) is 15.3 Å². The van der Waals surface area contributed by atoms with Crippen molar-refractivity contribution in [3.8, 4) is 0 Å². The Hall–Kier alpha value is -1.49. The van der Waals surface area contributed by atoms with Gasteiger partial charge in [-0.15, -0.1) is 11.3 Å². The summed E-state index contributed by atoms with van der Waals surface area (Å²) < 4.78 is 0.838. The summed E-state index contributed by atoms with van der Waals surface area (Å²) in [5.74, 6) is 0. The van der Waals surface area contributed by atoms with E-state index in [-0.39, 0.29) is 6.04 Å². The van der Waals surface area contributed by atoms with E-state index >= 15 is 0 Å². The normalized spacial score (nSPS) is 12.7. The van der Waals surface area contributed by atoms with Gasteiger partial charge in [0, 0.05) is 29.7 Å². The SMILES string of the molecule is CCNC(Cc1ccc(Cl)s1)c1ccc2nccnc2c1. The maximum absolute atomic E-state index is 6.02. The standard InChI is InChI=1S/C16H16ClN3S/c1-2-18-14(10-12-4-6-16(17)21-12)11-3-5-13-15(9-11)20-8-7-19-13/h3-9,14,18H,2,10H2,1H3. The first kappa shape index (κ1) is 14.4. The number of aromatic nitrogens is 2. The predicted molar refractivity (Wildman–Crippen MR) is 89.0 cm³/mol. The van der Waals surface area contributed by atoms with Crippen LogP contribution in [0.2, 0.25) is 4.34 Å². The molecule has 0 aliphatic rings. The maximum atomic E-state index is 6.02. The van der Waals surface area contributed by atoms with Crippen LogP contribution in [0.4, 0.5) is 0 Å². The summed E-state index contributed by atoms with van der Waals surface area (Å²) >= 11 is 7.66. The van der Waals surface area contributed by atoms with Crippen LogP contribution in [-0.4, -0.2) is 16.5 Å². The molecule has 0 aliphatic carbocycles. The van der Waals surface area contributed by atoms with Crippen molar-refractivity contribution in [3.63, 3.8) is 0 Å². The number of nitrogens with one attached hydrogen (secondary N) is 1. The van der Waals surface area contributed by atoms with Gasteiger partial charge in [0.25, 0.3) is 0 Å². The average Bonchev–Trinajstić information content (AvgIpc) is 2.91. The van der Waals surface area contributed by atoms with Crippen LogP contribution in [0.15, 0.2) is 42.7 Å². The van der Waals surface area contributed by atoms with Crippen molar-refractivity contribution >= 4 is 34.0 Å². The van der Waals surface area contributed by atoms with Crippen LogP contribution in [0.1, 0.15) is 23.4 Å². The van der Waals surface area contributed by atoms with Gasteiger partial charge in [-0.1, -0.05) is 24.6 Å². The highest BCUT2D eigenvalue weighted by molar-refractivity contribution is 7.16. The summed E-state index contributed by atoms with van der Waals surface area (Å²) in [6, 6.07) is 10.6. The van der Waals surface area contributed by atoms with Gasteiger partial charge in [-0.3, -0.25) is 9.97 Å². The second-order valence-electron chi connectivity index (χ2n) is 4.82. The quantitative estimate of drug-likeness (QED) is 0.765. The summed E-state index contributed by atoms with van der Waals surface area (Å²) in [4.78, 5) is 9.99. The van der Waals surface area contributed by atoms with Gasteiger partial charge >= 0.3 is 0 Å². The van der Waals surface area contributed by atoms with Crippen LogP contribution in [0.3, 0.4) is 0 Å². The number of nitrogens with zero attached hydrogens (tertiary/aromatic N) is 2. The van der Waals surface area contributed by atoms with E-state index in [0.717, 1.165) is 28.3 Å². The molecule has 0 aliphatic heterocycles. The van der Waals surface area contributed by atoms with Crippen LogP contribution in [0.25, 0.3) is 11.0 Å². The van der Waals surface area contributed by atoms with Crippen molar-refractivity contribution in [1.29, 1.82) is 0 Å². The second kappa shape index (κ2) is 6.52. The topological polar surface area (TPSA) is 37.8 Å². The van der Waals surface area contributed by atoms with Gasteiger partial charge in [0.2, 0.25) is 0 Å². The molecule has 1 aromatic carbocycles. The van der Waals surface area contributed by atoms with Crippen molar-refractivity contribution in [3.05, 3.63) is 57.5 Å². The Kier molecular flexibility index (Phi) is 4.48. The molecule has 5 heteroatoms. The number of hydrogen-bond acceptors (Lipinski definition) is 4. The van der Waals surface area contributed by atoms with Crippen LogP contribution < -0.4 is 5.32 Å². The molecule has 3 aromatic rings. The second-order valence-corrected chi connectivity index (χ2v) is 6.62. The molecule has 0 fully saturated rings. The lowest BCUT2D eigenvalue weighted by molar-refractivity contribution is 0.554. The van der Waals surface area contributed by atoms with Crippen molar-refractivity contribution < 1.29 is 0 Å². The minimum absolute atomic E-state index is 0.260. The first-order valence-electron chi connectivity index (χ1n) is 6.94. The van der Waals surface area contributed by atoms with Crippen LogP contribution in [0.5, 0.6) is 0 Å². The number of thiophene rings is 1. The molecule has 21 heavy (non-hydrogen) atoms. The smallest absolute Gasteiger partial charge is 0.0931 e. The van der Waals surface area contributed by atoms with Crippen molar-refractivity contribution in [2.24, 2.45) is 0 Å². The third-order valence-corrected chi connectivity index (χ3v) is 4.63. The van der Waals surface area contributed by atoms with Gasteiger partial charge in [0.1, 0.15) is 0 Å². The summed E-state index contributed by atoms with van der Waals surface area (Å²) in [6.07, 6.45) is 4.38. The number of likely N-dealkylation sites (N-methyl/N-ethyl adjacent to an activating group) is 1. The highest BCUT2D eigenvalue weighted by Gasteiger charge is 2.13. The van der Waals surface area contributed by atoms with Gasteiger partial charge in [-0.25, -0.2) is 0 Å². The minimum atomic E-state index is 0.260. The molecule has 2 aromatic heterocycles. The zero-order valence-electron chi connectivity index (χ0n) is 11.7. The molecule has 0 saturated carbocycles. The summed E-state index contributed by atoms with van der Waals surface area (Å²) in [7, 11) is 0. The lowest BCUT2D eigenvalue weighted by atomic mass is 10.0. The Bertz CT molecular complexity index is 741. The highest BCUT2D eigenvalue weighted by Crippen LogP contribution is 2.27. The molecule has 0 saturated heterocycles. The fraction of sp³-hybridized carbons (Fsp3) is 0.250. The number of halogens is 1. The molecular formula is C16H16ClN3S. The van der Waals surface area contributed by atoms with E-state index < -0.39 is 0 Å². The van der Waals surface area contributed by atoms with Gasteiger partial charge in [-0.05, 0) is 36.4 Å². The number of fused-ring (bicyclic) bond motifs is 1. The average molecular weight is 318 g/mol. The molecule has 2 heterocycles. The molecule has 0 amide bonds. The Balaban J connectivity index is 1.90. The van der Waals surface area contributed by atoms with E-state index in [1.807, 2.05) is 12.1 Å². The van der Waals surface area contributed by atoms with E-state index in [0.29, 0.717) is 0 Å². The Morgan fingerprint density at radius 3 is 2.67 bits per heavy atom. The molecule has 3 nitrogen and oxygen atoms in total. The van der Waals surface area contributed by atoms with Gasteiger partial charge in [0.15, 0.2) is 0 Å². The molecule has 108 valence electrons. The minimum Gasteiger partial charge on any atom is -0.310 e. The van der Waals surface area contributed by atoms with E-state index in [4.69, 9.17) is 11.6 Å². The maximum Gasteiger partial charge on any atom is 0.0931 e. The first-order valence-corrected chi connectivity index (χ1v) is 8.14. The Labute approximate surface area is 133 Å². The van der Waals surface area contributed by atoms with E-state index in [1.165, 1.54) is 10.4 Å². The zero-order chi connectivity index (χ0) is 14.7. The monoisotopic (exact) mass is 317 g/mol. The molecule has 1 unspecified atom stereocenters. The lowest BCUT2D eigenvalue weighted by Gasteiger charge is -2.18. The fourth-order valence-corrected chi connectivity index (χ4v) is 3.55. The molecule has 1 N–H and O–H groups in total. The van der Waals surface area contributed by atoms with Crippen molar-refractivity contribution in [2.75, 3.05) is 6.54 Å². The first-order chi connectivity index (χ1) is 10.3. The summed E-state index contributed by atoms with van der Waals surface area (Å²) in [5.41, 5.74) is 3.09. The largest absolute Gasteiger partial charge is 0.310 e. The zero-order valence-corrected chi connectivity index (χ0v) is 13.3. The number of hydrogen-bond donors (Lipinski definition) is 1. The van der Waals surface area contributed by atoms with E-state index in [2.05, 4.69) is 40.4 Å². The molecule has 0 spiro atoms. The molecule has 3 rings (SSSR count). The van der Waals surface area contributed by atoms with Gasteiger partial charge < -0.3 is 5.32 Å². The lowest BCUT2D eigenvalue weighted by Crippen LogP contribution is -2.22. The summed E-state index contributed by atoms with van der Waals surface area (Å²) in [6.45, 7) is 3.04. The fourth-order valence-electron chi connectivity index (χ4n) is 2.41. The number of rotatable bonds is 5. The van der Waals surface area contributed by atoms with Crippen LogP contribution in [0, 0.1) is 0 Å². The number of benzene rings is 1. The van der Waals surface area contributed by atoms with Crippen molar-refractivity contribution in [2.45, 2.75) is 19.4 Å². The Morgan fingerprint density at radius 1 is 1.14 bits per heavy atom. The predicted octanol–water partition coefficient (Wildman–Crippen LogP) is 4.24. The third kappa shape index (κ3) is 3.40. The van der Waals surface area contributed by atoms with Gasteiger partial charge in [0.05, 0.1) is 15.4 Å². The molecular weight excluding hydrogens is 302 g/mol.